The predicted molar refractivity (Wildman–Crippen MR) is 80.0 cm³/mol. The molecular formula is C14H17N3O4. The van der Waals surface area contributed by atoms with Crippen LogP contribution < -0.4 is 20.5 Å². The van der Waals surface area contributed by atoms with Gasteiger partial charge in [0.25, 0.3) is 0 Å². The Morgan fingerprint density at radius 2 is 2.14 bits per heavy atom. The van der Waals surface area contributed by atoms with E-state index in [-0.39, 0.29) is 0 Å². The second kappa shape index (κ2) is 5.74. The van der Waals surface area contributed by atoms with Crippen LogP contribution in [0, 0.1) is 0 Å². The summed E-state index contributed by atoms with van der Waals surface area (Å²) in [6.45, 7) is 1.53. The standard InChI is InChI=1S/C14H17N3O4/c1-7(14(18)19)17-13-11-8(4-5-16-13)12(21-3)10(20-2)6-9(11)15/h4-7H,15H2,1-3H3,(H,16,17)(H,18,19). The number of nitrogens with two attached hydrogens (primary N) is 1. The highest BCUT2D eigenvalue weighted by Gasteiger charge is 2.18. The molecule has 2 rings (SSSR count). The van der Waals surface area contributed by atoms with Crippen molar-refractivity contribution in [3.05, 3.63) is 18.3 Å². The van der Waals surface area contributed by atoms with Crippen LogP contribution in [0.4, 0.5) is 11.5 Å². The SMILES string of the molecule is COc1cc(N)c2c(NC(C)C(=O)O)nccc2c1OC. The Labute approximate surface area is 121 Å². The van der Waals surface area contributed by atoms with Crippen LogP contribution in [-0.4, -0.2) is 36.3 Å². The van der Waals surface area contributed by atoms with Crippen molar-refractivity contribution >= 4 is 28.2 Å². The average molecular weight is 291 g/mol. The number of anilines is 2. The largest absolute Gasteiger partial charge is 0.493 e. The van der Waals surface area contributed by atoms with Crippen LogP contribution in [0.25, 0.3) is 10.8 Å². The molecule has 21 heavy (non-hydrogen) atoms. The van der Waals surface area contributed by atoms with Gasteiger partial charge in [0, 0.05) is 23.3 Å². The van der Waals surface area contributed by atoms with Crippen molar-refractivity contribution in [2.45, 2.75) is 13.0 Å². The molecule has 0 bridgehead atoms. The third kappa shape index (κ3) is 2.62. The molecule has 1 atom stereocenters. The molecule has 1 unspecified atom stereocenters. The van der Waals surface area contributed by atoms with E-state index in [2.05, 4.69) is 10.3 Å². The third-order valence-corrected chi connectivity index (χ3v) is 3.14. The highest BCUT2D eigenvalue weighted by molar-refractivity contribution is 6.06. The number of benzene rings is 1. The van der Waals surface area contributed by atoms with Crippen molar-refractivity contribution in [2.24, 2.45) is 0 Å². The number of rotatable bonds is 5. The number of ether oxygens (including phenoxy) is 2. The van der Waals surface area contributed by atoms with Crippen molar-refractivity contribution in [1.29, 1.82) is 0 Å². The lowest BCUT2D eigenvalue weighted by atomic mass is 10.1. The Morgan fingerprint density at radius 1 is 1.43 bits per heavy atom. The normalized spacial score (nSPS) is 12.0. The fourth-order valence-corrected chi connectivity index (χ4v) is 2.09. The van der Waals surface area contributed by atoms with E-state index in [1.165, 1.54) is 21.1 Å². The molecule has 2 aromatic rings. The fourth-order valence-electron chi connectivity index (χ4n) is 2.09. The van der Waals surface area contributed by atoms with Crippen LogP contribution in [0.1, 0.15) is 6.92 Å². The molecule has 0 spiro atoms. The first kappa shape index (κ1) is 14.7. The van der Waals surface area contributed by atoms with E-state index >= 15 is 0 Å². The number of carboxylic acid groups (broad SMARTS) is 1. The molecule has 1 aromatic heterocycles. The lowest BCUT2D eigenvalue weighted by Crippen LogP contribution is -2.26. The maximum atomic E-state index is 11.0. The van der Waals surface area contributed by atoms with Crippen LogP contribution in [0.2, 0.25) is 0 Å². The zero-order valence-electron chi connectivity index (χ0n) is 12.0. The van der Waals surface area contributed by atoms with E-state index in [0.717, 1.165) is 0 Å². The van der Waals surface area contributed by atoms with Gasteiger partial charge in [-0.1, -0.05) is 0 Å². The molecule has 7 heteroatoms. The number of aliphatic carboxylic acids is 1. The molecule has 4 N–H and O–H groups in total. The summed E-state index contributed by atoms with van der Waals surface area (Å²) in [6, 6.07) is 2.57. The highest BCUT2D eigenvalue weighted by atomic mass is 16.5. The van der Waals surface area contributed by atoms with E-state index < -0.39 is 12.0 Å². The molecule has 0 saturated heterocycles. The number of hydrogen-bond donors (Lipinski definition) is 3. The van der Waals surface area contributed by atoms with Gasteiger partial charge in [-0.3, -0.25) is 4.79 Å². The number of carboxylic acids is 1. The molecule has 0 aliphatic carbocycles. The van der Waals surface area contributed by atoms with Crippen LogP contribution in [-0.2, 0) is 4.79 Å². The number of nitrogens with zero attached hydrogens (tertiary/aromatic N) is 1. The van der Waals surface area contributed by atoms with Gasteiger partial charge in [0.2, 0.25) is 0 Å². The van der Waals surface area contributed by atoms with Gasteiger partial charge in [0.15, 0.2) is 11.5 Å². The van der Waals surface area contributed by atoms with Gasteiger partial charge in [0.05, 0.1) is 19.6 Å². The molecule has 1 heterocycles. The van der Waals surface area contributed by atoms with Gasteiger partial charge in [-0.15, -0.1) is 0 Å². The fraction of sp³-hybridized carbons (Fsp3) is 0.286. The van der Waals surface area contributed by atoms with Crippen molar-refractivity contribution in [2.75, 3.05) is 25.3 Å². The molecule has 7 nitrogen and oxygen atoms in total. The van der Waals surface area contributed by atoms with E-state index in [4.69, 9.17) is 20.3 Å². The first-order valence-corrected chi connectivity index (χ1v) is 6.28. The molecule has 0 aliphatic rings. The number of aromatic nitrogens is 1. The minimum atomic E-state index is -0.979. The Bertz CT molecular complexity index is 687. The Hall–Kier alpha value is -2.70. The van der Waals surface area contributed by atoms with Crippen molar-refractivity contribution in [3.63, 3.8) is 0 Å². The minimum Gasteiger partial charge on any atom is -0.493 e. The summed E-state index contributed by atoms with van der Waals surface area (Å²) in [5, 5.41) is 13.1. The first-order chi connectivity index (χ1) is 9.99. The second-order valence-electron chi connectivity index (χ2n) is 4.49. The predicted octanol–water partition coefficient (Wildman–Crippen LogP) is 1.72. The van der Waals surface area contributed by atoms with Gasteiger partial charge in [-0.2, -0.15) is 0 Å². The Balaban J connectivity index is 2.67. The van der Waals surface area contributed by atoms with Crippen molar-refractivity contribution in [1.82, 2.24) is 4.98 Å². The smallest absolute Gasteiger partial charge is 0.325 e. The van der Waals surface area contributed by atoms with Crippen molar-refractivity contribution in [3.8, 4) is 11.5 Å². The average Bonchev–Trinajstić information content (AvgIpc) is 2.46. The third-order valence-electron chi connectivity index (χ3n) is 3.14. The topological polar surface area (TPSA) is 107 Å². The number of nitrogen functional groups attached to an aromatic ring is 1. The number of nitrogens with one attached hydrogen (secondary N) is 1. The zero-order chi connectivity index (χ0) is 15.6. The van der Waals surface area contributed by atoms with Gasteiger partial charge in [-0.05, 0) is 13.0 Å². The van der Waals surface area contributed by atoms with Gasteiger partial charge in [0.1, 0.15) is 11.9 Å². The minimum absolute atomic E-state index is 0.390. The Morgan fingerprint density at radius 3 is 2.71 bits per heavy atom. The molecule has 0 fully saturated rings. The monoisotopic (exact) mass is 291 g/mol. The summed E-state index contributed by atoms with van der Waals surface area (Å²) >= 11 is 0. The number of pyridine rings is 1. The molecule has 0 radical (unpaired) electrons. The van der Waals surface area contributed by atoms with E-state index in [1.54, 1.807) is 18.3 Å². The van der Waals surface area contributed by atoms with Crippen LogP contribution >= 0.6 is 0 Å². The summed E-state index contributed by atoms with van der Waals surface area (Å²) in [5.74, 6) is 0.440. The first-order valence-electron chi connectivity index (χ1n) is 6.28. The summed E-state index contributed by atoms with van der Waals surface area (Å²) in [6.07, 6.45) is 1.56. The van der Waals surface area contributed by atoms with E-state index in [0.29, 0.717) is 33.8 Å². The molecule has 112 valence electrons. The van der Waals surface area contributed by atoms with Crippen LogP contribution in [0.15, 0.2) is 18.3 Å². The number of methoxy groups -OCH3 is 2. The summed E-state index contributed by atoms with van der Waals surface area (Å²) in [7, 11) is 3.05. The summed E-state index contributed by atoms with van der Waals surface area (Å²) < 4.78 is 10.6. The van der Waals surface area contributed by atoms with Gasteiger partial charge >= 0.3 is 5.97 Å². The zero-order valence-corrected chi connectivity index (χ0v) is 12.0. The second-order valence-corrected chi connectivity index (χ2v) is 4.49. The molecule has 0 aliphatic heterocycles. The van der Waals surface area contributed by atoms with Crippen molar-refractivity contribution < 1.29 is 19.4 Å². The van der Waals surface area contributed by atoms with Gasteiger partial charge in [-0.25, -0.2) is 4.98 Å². The van der Waals surface area contributed by atoms with E-state index in [9.17, 15) is 4.79 Å². The Kier molecular flexibility index (Phi) is 4.02. The summed E-state index contributed by atoms with van der Waals surface area (Å²) in [4.78, 5) is 15.2. The lowest BCUT2D eigenvalue weighted by Gasteiger charge is -2.17. The maximum Gasteiger partial charge on any atom is 0.325 e. The molecular weight excluding hydrogens is 274 g/mol. The van der Waals surface area contributed by atoms with E-state index in [1.807, 2.05) is 0 Å². The molecule has 0 amide bonds. The maximum absolute atomic E-state index is 11.0. The quantitative estimate of drug-likeness (QED) is 0.720. The lowest BCUT2D eigenvalue weighted by molar-refractivity contribution is -0.137. The molecule has 1 aromatic carbocycles. The van der Waals surface area contributed by atoms with Gasteiger partial charge < -0.3 is 25.6 Å². The molecule has 0 saturated carbocycles. The number of fused-ring (bicyclic) bond motifs is 1. The number of carbonyl (C=O) groups is 1. The van der Waals surface area contributed by atoms with Crippen LogP contribution in [0.3, 0.4) is 0 Å². The summed E-state index contributed by atoms with van der Waals surface area (Å²) in [5.41, 5.74) is 6.47. The number of hydrogen-bond acceptors (Lipinski definition) is 6. The highest BCUT2D eigenvalue weighted by Crippen LogP contribution is 2.41. The van der Waals surface area contributed by atoms with Crippen LogP contribution in [0.5, 0.6) is 11.5 Å².